The van der Waals surface area contributed by atoms with Crippen molar-refractivity contribution in [1.82, 2.24) is 5.32 Å². The van der Waals surface area contributed by atoms with Crippen molar-refractivity contribution in [3.8, 4) is 11.5 Å². The van der Waals surface area contributed by atoms with Crippen LogP contribution in [0.5, 0.6) is 11.5 Å². The maximum absolute atomic E-state index is 11.7. The molecule has 0 bridgehead atoms. The molecular weight excluding hydrogens is 254 g/mol. The van der Waals surface area contributed by atoms with Gasteiger partial charge < -0.3 is 14.8 Å². The number of hydrogen-bond acceptors (Lipinski definition) is 3. The van der Waals surface area contributed by atoms with Crippen molar-refractivity contribution in [1.29, 1.82) is 0 Å². The summed E-state index contributed by atoms with van der Waals surface area (Å²) >= 11 is 0. The Morgan fingerprint density at radius 2 is 2.00 bits per heavy atom. The first-order valence-electron chi connectivity index (χ1n) is 6.70. The summed E-state index contributed by atoms with van der Waals surface area (Å²) in [6.07, 6.45) is 6.91. The van der Waals surface area contributed by atoms with Crippen molar-refractivity contribution in [2.45, 2.75) is 19.9 Å². The summed E-state index contributed by atoms with van der Waals surface area (Å²) in [5.74, 6) is 1.37. The molecule has 1 heterocycles. The van der Waals surface area contributed by atoms with Crippen LogP contribution in [0, 0.1) is 0 Å². The van der Waals surface area contributed by atoms with Gasteiger partial charge in [0, 0.05) is 6.08 Å². The second-order valence-corrected chi connectivity index (χ2v) is 4.52. The fraction of sp³-hybridized carbons (Fsp3) is 0.312. The first-order valence-corrected chi connectivity index (χ1v) is 6.70. The Kier molecular flexibility index (Phi) is 4.82. The summed E-state index contributed by atoms with van der Waals surface area (Å²) in [6.45, 7) is 4.98. The minimum absolute atomic E-state index is 0.0893. The number of fused-ring (bicyclic) bond motifs is 1. The van der Waals surface area contributed by atoms with E-state index < -0.39 is 0 Å². The van der Waals surface area contributed by atoms with Crippen molar-refractivity contribution in [2.75, 3.05) is 13.2 Å². The fourth-order valence-corrected chi connectivity index (χ4v) is 1.93. The Morgan fingerprint density at radius 3 is 2.75 bits per heavy atom. The monoisotopic (exact) mass is 273 g/mol. The standard InChI is InChI=1S/C16H19NO3/c1-3-4-5-6-16(18)17-12(2)13-7-8-14-15(11-13)20-10-9-19-14/h3-8,11-12H,9-10H2,1-2H3,(H,17,18). The Morgan fingerprint density at radius 1 is 1.25 bits per heavy atom. The number of rotatable bonds is 4. The summed E-state index contributed by atoms with van der Waals surface area (Å²) in [5.41, 5.74) is 0.988. The molecular formula is C16H19NO3. The van der Waals surface area contributed by atoms with Crippen LogP contribution in [0.4, 0.5) is 0 Å². The normalized spacial score (nSPS) is 15.5. The molecule has 0 radical (unpaired) electrons. The SMILES string of the molecule is CC=CC=CC(=O)NC(C)c1ccc2c(c1)OCCO2. The van der Waals surface area contributed by atoms with Gasteiger partial charge in [-0.05, 0) is 31.5 Å². The summed E-state index contributed by atoms with van der Waals surface area (Å²) in [6, 6.07) is 5.64. The van der Waals surface area contributed by atoms with Crippen molar-refractivity contribution < 1.29 is 14.3 Å². The molecule has 0 fully saturated rings. The molecule has 20 heavy (non-hydrogen) atoms. The smallest absolute Gasteiger partial charge is 0.244 e. The van der Waals surface area contributed by atoms with Gasteiger partial charge in [-0.25, -0.2) is 0 Å². The number of nitrogens with one attached hydrogen (secondary N) is 1. The average molecular weight is 273 g/mol. The molecule has 4 heteroatoms. The van der Waals surface area contributed by atoms with E-state index in [0.717, 1.165) is 17.1 Å². The highest BCUT2D eigenvalue weighted by Crippen LogP contribution is 2.32. The lowest BCUT2D eigenvalue weighted by atomic mass is 10.1. The van der Waals surface area contributed by atoms with Crippen LogP contribution < -0.4 is 14.8 Å². The largest absolute Gasteiger partial charge is 0.486 e. The molecule has 0 saturated heterocycles. The van der Waals surface area contributed by atoms with Gasteiger partial charge in [0.2, 0.25) is 5.91 Å². The van der Waals surface area contributed by atoms with E-state index in [0.29, 0.717) is 13.2 Å². The molecule has 1 aliphatic heterocycles. The molecule has 0 aromatic heterocycles. The van der Waals surface area contributed by atoms with Gasteiger partial charge in [0.25, 0.3) is 0 Å². The van der Waals surface area contributed by atoms with E-state index in [1.54, 1.807) is 6.08 Å². The molecule has 1 N–H and O–H groups in total. The Labute approximate surface area is 119 Å². The van der Waals surface area contributed by atoms with Crippen molar-refractivity contribution >= 4 is 5.91 Å². The van der Waals surface area contributed by atoms with Crippen LogP contribution >= 0.6 is 0 Å². The summed E-state index contributed by atoms with van der Waals surface area (Å²) < 4.78 is 11.0. The topological polar surface area (TPSA) is 47.6 Å². The lowest BCUT2D eigenvalue weighted by Gasteiger charge is -2.20. The number of amides is 1. The van der Waals surface area contributed by atoms with Crippen LogP contribution in [0.15, 0.2) is 42.5 Å². The van der Waals surface area contributed by atoms with Crippen LogP contribution in [-0.4, -0.2) is 19.1 Å². The lowest BCUT2D eigenvalue weighted by molar-refractivity contribution is -0.117. The molecule has 1 aliphatic rings. The Bertz CT molecular complexity index is 535. The van der Waals surface area contributed by atoms with Gasteiger partial charge in [-0.3, -0.25) is 4.79 Å². The molecule has 4 nitrogen and oxygen atoms in total. The van der Waals surface area contributed by atoms with E-state index in [4.69, 9.17) is 9.47 Å². The fourth-order valence-electron chi connectivity index (χ4n) is 1.93. The summed E-state index contributed by atoms with van der Waals surface area (Å²) in [7, 11) is 0. The lowest BCUT2D eigenvalue weighted by Crippen LogP contribution is -2.25. The third-order valence-corrected chi connectivity index (χ3v) is 2.98. The van der Waals surface area contributed by atoms with Crippen molar-refractivity contribution in [2.24, 2.45) is 0 Å². The number of carbonyl (C=O) groups excluding carboxylic acids is 1. The minimum atomic E-state index is -0.120. The van der Waals surface area contributed by atoms with Gasteiger partial charge in [-0.1, -0.05) is 24.3 Å². The van der Waals surface area contributed by atoms with E-state index in [9.17, 15) is 4.79 Å². The van der Waals surface area contributed by atoms with E-state index in [2.05, 4.69) is 5.32 Å². The molecule has 0 spiro atoms. The van der Waals surface area contributed by atoms with Gasteiger partial charge in [0.05, 0.1) is 6.04 Å². The number of benzene rings is 1. The van der Waals surface area contributed by atoms with Gasteiger partial charge in [-0.15, -0.1) is 0 Å². The zero-order chi connectivity index (χ0) is 14.4. The predicted octanol–water partition coefficient (Wildman–Crippen LogP) is 2.77. The summed E-state index contributed by atoms with van der Waals surface area (Å²) in [5, 5.41) is 2.91. The highest BCUT2D eigenvalue weighted by atomic mass is 16.6. The van der Waals surface area contributed by atoms with Gasteiger partial charge >= 0.3 is 0 Å². The Balaban J connectivity index is 2.02. The van der Waals surface area contributed by atoms with Crippen LogP contribution in [-0.2, 0) is 4.79 Å². The number of ether oxygens (including phenoxy) is 2. The van der Waals surface area contributed by atoms with E-state index >= 15 is 0 Å². The second-order valence-electron chi connectivity index (χ2n) is 4.52. The van der Waals surface area contributed by atoms with Crippen LogP contribution in [0.25, 0.3) is 0 Å². The van der Waals surface area contributed by atoms with Gasteiger partial charge in [-0.2, -0.15) is 0 Å². The highest BCUT2D eigenvalue weighted by molar-refractivity contribution is 5.88. The van der Waals surface area contributed by atoms with Crippen LogP contribution in [0.3, 0.4) is 0 Å². The zero-order valence-corrected chi connectivity index (χ0v) is 11.8. The molecule has 1 aromatic carbocycles. The average Bonchev–Trinajstić information content (AvgIpc) is 2.47. The van der Waals surface area contributed by atoms with Crippen LogP contribution in [0.1, 0.15) is 25.5 Å². The van der Waals surface area contributed by atoms with Crippen molar-refractivity contribution in [3.63, 3.8) is 0 Å². The third kappa shape index (κ3) is 3.63. The van der Waals surface area contributed by atoms with E-state index in [1.807, 2.05) is 44.2 Å². The molecule has 2 rings (SSSR count). The zero-order valence-electron chi connectivity index (χ0n) is 11.8. The molecule has 0 aliphatic carbocycles. The second kappa shape index (κ2) is 6.80. The molecule has 0 saturated carbocycles. The van der Waals surface area contributed by atoms with Gasteiger partial charge in [0.15, 0.2) is 11.5 Å². The quantitative estimate of drug-likeness (QED) is 0.678. The van der Waals surface area contributed by atoms with Crippen molar-refractivity contribution in [3.05, 3.63) is 48.1 Å². The maximum atomic E-state index is 11.7. The van der Waals surface area contributed by atoms with E-state index in [-0.39, 0.29) is 11.9 Å². The molecule has 106 valence electrons. The number of carbonyl (C=O) groups is 1. The Hall–Kier alpha value is -2.23. The number of allylic oxidation sites excluding steroid dienone is 3. The number of hydrogen-bond donors (Lipinski definition) is 1. The van der Waals surface area contributed by atoms with Gasteiger partial charge in [0.1, 0.15) is 13.2 Å². The molecule has 1 aromatic rings. The highest BCUT2D eigenvalue weighted by Gasteiger charge is 2.14. The minimum Gasteiger partial charge on any atom is -0.486 e. The molecule has 1 unspecified atom stereocenters. The predicted molar refractivity (Wildman–Crippen MR) is 77.9 cm³/mol. The molecule has 1 amide bonds. The molecule has 1 atom stereocenters. The summed E-state index contributed by atoms with van der Waals surface area (Å²) in [4.78, 5) is 11.7. The maximum Gasteiger partial charge on any atom is 0.244 e. The van der Waals surface area contributed by atoms with Crippen LogP contribution in [0.2, 0.25) is 0 Å². The first kappa shape index (κ1) is 14.2. The third-order valence-electron chi connectivity index (χ3n) is 2.98. The first-order chi connectivity index (χ1) is 9.70. The van der Waals surface area contributed by atoms with E-state index in [1.165, 1.54) is 6.08 Å².